The van der Waals surface area contributed by atoms with Crippen molar-refractivity contribution in [2.75, 3.05) is 20.8 Å². The van der Waals surface area contributed by atoms with Crippen molar-refractivity contribution in [1.82, 2.24) is 5.32 Å². The van der Waals surface area contributed by atoms with Gasteiger partial charge in [0.2, 0.25) is 0 Å². The third kappa shape index (κ3) is 3.99. The first-order valence-electron chi connectivity index (χ1n) is 7.15. The number of methoxy groups -OCH3 is 1. The fraction of sp³-hybridized carbons (Fsp3) is 0.333. The number of nitrogens with one attached hydrogen (secondary N) is 1. The third-order valence-electron chi connectivity index (χ3n) is 3.55. The minimum Gasteiger partial charge on any atom is -0.493 e. The summed E-state index contributed by atoms with van der Waals surface area (Å²) in [4.78, 5) is 0. The van der Waals surface area contributed by atoms with Gasteiger partial charge in [0.1, 0.15) is 6.61 Å². The summed E-state index contributed by atoms with van der Waals surface area (Å²) in [6, 6.07) is 14.6. The smallest absolute Gasteiger partial charge is 0.161 e. The quantitative estimate of drug-likeness (QED) is 0.878. The maximum absolute atomic E-state index is 5.93. The number of likely N-dealkylation sites (N-methyl/N-ethyl adjacent to an activating group) is 1. The number of ether oxygens (including phenoxy) is 2. The molecule has 21 heavy (non-hydrogen) atoms. The molecule has 1 N–H and O–H groups in total. The minimum absolute atomic E-state index is 0.150. The first kappa shape index (κ1) is 15.4. The second-order valence-electron chi connectivity index (χ2n) is 5.22. The van der Waals surface area contributed by atoms with Crippen molar-refractivity contribution in [3.05, 3.63) is 59.2 Å². The zero-order chi connectivity index (χ0) is 15.2. The van der Waals surface area contributed by atoms with Crippen LogP contribution in [0.15, 0.2) is 42.5 Å². The Balaban J connectivity index is 2.08. The summed E-state index contributed by atoms with van der Waals surface area (Å²) >= 11 is 0. The molecular weight excluding hydrogens is 262 g/mol. The number of hydrogen-bond donors (Lipinski definition) is 1. The van der Waals surface area contributed by atoms with E-state index >= 15 is 0 Å². The molecule has 0 aliphatic carbocycles. The van der Waals surface area contributed by atoms with Crippen molar-refractivity contribution in [3.63, 3.8) is 0 Å². The molecule has 0 aliphatic heterocycles. The molecule has 112 valence electrons. The van der Waals surface area contributed by atoms with E-state index in [1.54, 1.807) is 7.11 Å². The van der Waals surface area contributed by atoms with Gasteiger partial charge < -0.3 is 14.8 Å². The highest BCUT2D eigenvalue weighted by Gasteiger charge is 2.12. The lowest BCUT2D eigenvalue weighted by Gasteiger charge is -2.19. The molecule has 1 atom stereocenters. The van der Waals surface area contributed by atoms with Crippen LogP contribution in [0.4, 0.5) is 0 Å². The summed E-state index contributed by atoms with van der Waals surface area (Å²) in [5.41, 5.74) is 3.63. The number of benzene rings is 2. The Hall–Kier alpha value is -2.00. The Morgan fingerprint density at radius 3 is 2.24 bits per heavy atom. The van der Waals surface area contributed by atoms with E-state index in [0.717, 1.165) is 17.1 Å². The van der Waals surface area contributed by atoms with Crippen LogP contribution in [0.25, 0.3) is 0 Å². The molecule has 3 nitrogen and oxygen atoms in total. The van der Waals surface area contributed by atoms with Crippen LogP contribution in [-0.4, -0.2) is 20.8 Å². The lowest BCUT2D eigenvalue weighted by atomic mass is 10.1. The third-order valence-corrected chi connectivity index (χ3v) is 3.55. The van der Waals surface area contributed by atoms with Gasteiger partial charge >= 0.3 is 0 Å². The molecule has 2 rings (SSSR count). The maximum atomic E-state index is 5.93. The van der Waals surface area contributed by atoms with Crippen LogP contribution in [0, 0.1) is 13.8 Å². The molecule has 0 amide bonds. The highest BCUT2D eigenvalue weighted by atomic mass is 16.5. The highest BCUT2D eigenvalue weighted by molar-refractivity contribution is 5.42. The van der Waals surface area contributed by atoms with Crippen LogP contribution < -0.4 is 14.8 Å². The molecule has 0 saturated heterocycles. The molecular formula is C18H23NO2. The summed E-state index contributed by atoms with van der Waals surface area (Å²) in [5.74, 6) is 1.55. The largest absolute Gasteiger partial charge is 0.493 e. The molecule has 3 heteroatoms. The Morgan fingerprint density at radius 2 is 1.62 bits per heavy atom. The number of rotatable bonds is 6. The highest BCUT2D eigenvalue weighted by Crippen LogP contribution is 2.28. The SMILES string of the molecule is CNC(COc1ccc(C)cc1OC)c1ccc(C)cc1. The molecule has 0 saturated carbocycles. The maximum Gasteiger partial charge on any atom is 0.161 e. The van der Waals surface area contributed by atoms with E-state index in [0.29, 0.717) is 6.61 Å². The van der Waals surface area contributed by atoms with Crippen LogP contribution in [0.3, 0.4) is 0 Å². The van der Waals surface area contributed by atoms with Crippen molar-refractivity contribution in [2.45, 2.75) is 19.9 Å². The first-order valence-corrected chi connectivity index (χ1v) is 7.15. The lowest BCUT2D eigenvalue weighted by Crippen LogP contribution is -2.23. The van der Waals surface area contributed by atoms with Gasteiger partial charge in [-0.3, -0.25) is 0 Å². The summed E-state index contributed by atoms with van der Waals surface area (Å²) in [7, 11) is 3.61. The lowest BCUT2D eigenvalue weighted by molar-refractivity contribution is 0.259. The summed E-state index contributed by atoms with van der Waals surface area (Å²) < 4.78 is 11.3. The van der Waals surface area contributed by atoms with Gasteiger partial charge in [-0.05, 0) is 44.2 Å². The molecule has 0 bridgehead atoms. The van der Waals surface area contributed by atoms with E-state index in [4.69, 9.17) is 9.47 Å². The Labute approximate surface area is 126 Å². The summed E-state index contributed by atoms with van der Waals surface area (Å²) in [6.07, 6.45) is 0. The van der Waals surface area contributed by atoms with Gasteiger partial charge in [0.05, 0.1) is 13.2 Å². The molecule has 0 fully saturated rings. The van der Waals surface area contributed by atoms with Gasteiger partial charge in [0.15, 0.2) is 11.5 Å². The van der Waals surface area contributed by atoms with Crippen LogP contribution in [0.5, 0.6) is 11.5 Å². The van der Waals surface area contributed by atoms with Crippen LogP contribution in [0.2, 0.25) is 0 Å². The Morgan fingerprint density at radius 1 is 0.952 bits per heavy atom. The van der Waals surface area contributed by atoms with E-state index in [1.165, 1.54) is 11.1 Å². The summed E-state index contributed by atoms with van der Waals surface area (Å²) in [6.45, 7) is 4.68. The zero-order valence-electron chi connectivity index (χ0n) is 13.1. The van der Waals surface area contributed by atoms with E-state index in [2.05, 4.69) is 36.5 Å². The molecule has 2 aromatic rings. The average molecular weight is 285 g/mol. The average Bonchev–Trinajstić information content (AvgIpc) is 2.50. The topological polar surface area (TPSA) is 30.5 Å². The van der Waals surface area contributed by atoms with Crippen molar-refractivity contribution in [2.24, 2.45) is 0 Å². The Bertz CT molecular complexity index is 578. The standard InChI is InChI=1S/C18H23NO2/c1-13-5-8-15(9-6-13)16(19-3)12-21-17-10-7-14(2)11-18(17)20-4/h5-11,16,19H,12H2,1-4H3. The Kier molecular flexibility index (Phi) is 5.23. The molecule has 2 aromatic carbocycles. The van der Waals surface area contributed by atoms with Crippen molar-refractivity contribution >= 4 is 0 Å². The van der Waals surface area contributed by atoms with Gasteiger partial charge in [-0.15, -0.1) is 0 Å². The predicted molar refractivity (Wildman–Crippen MR) is 86.2 cm³/mol. The van der Waals surface area contributed by atoms with Crippen molar-refractivity contribution in [1.29, 1.82) is 0 Å². The molecule has 0 radical (unpaired) electrons. The zero-order valence-corrected chi connectivity index (χ0v) is 13.1. The van der Waals surface area contributed by atoms with Gasteiger partial charge in [-0.25, -0.2) is 0 Å². The van der Waals surface area contributed by atoms with E-state index < -0.39 is 0 Å². The first-order chi connectivity index (χ1) is 10.1. The van der Waals surface area contributed by atoms with Crippen LogP contribution in [0.1, 0.15) is 22.7 Å². The van der Waals surface area contributed by atoms with Crippen molar-refractivity contribution in [3.8, 4) is 11.5 Å². The van der Waals surface area contributed by atoms with Crippen LogP contribution in [-0.2, 0) is 0 Å². The van der Waals surface area contributed by atoms with E-state index in [9.17, 15) is 0 Å². The van der Waals surface area contributed by atoms with E-state index in [1.807, 2.05) is 32.2 Å². The fourth-order valence-corrected chi connectivity index (χ4v) is 2.21. The van der Waals surface area contributed by atoms with Gasteiger partial charge in [-0.1, -0.05) is 35.9 Å². The normalized spacial score (nSPS) is 12.0. The predicted octanol–water partition coefficient (Wildman–Crippen LogP) is 3.65. The van der Waals surface area contributed by atoms with Gasteiger partial charge in [0, 0.05) is 0 Å². The van der Waals surface area contributed by atoms with Gasteiger partial charge in [0.25, 0.3) is 0 Å². The summed E-state index contributed by atoms with van der Waals surface area (Å²) in [5, 5.41) is 3.29. The fourth-order valence-electron chi connectivity index (χ4n) is 2.21. The molecule has 1 unspecified atom stereocenters. The second-order valence-corrected chi connectivity index (χ2v) is 5.22. The minimum atomic E-state index is 0.150. The monoisotopic (exact) mass is 285 g/mol. The van der Waals surface area contributed by atoms with E-state index in [-0.39, 0.29) is 6.04 Å². The van der Waals surface area contributed by atoms with Crippen LogP contribution >= 0.6 is 0 Å². The second kappa shape index (κ2) is 7.14. The molecule has 0 heterocycles. The molecule has 0 spiro atoms. The number of hydrogen-bond acceptors (Lipinski definition) is 3. The molecule has 0 aromatic heterocycles. The van der Waals surface area contributed by atoms with Crippen molar-refractivity contribution < 1.29 is 9.47 Å². The van der Waals surface area contributed by atoms with Gasteiger partial charge in [-0.2, -0.15) is 0 Å². The number of aryl methyl sites for hydroxylation is 2. The molecule has 0 aliphatic rings.